The molecule has 5 heteroatoms. The van der Waals surface area contributed by atoms with Gasteiger partial charge in [0, 0.05) is 13.0 Å². The molecule has 0 fully saturated rings. The van der Waals surface area contributed by atoms with Crippen LogP contribution in [-0.2, 0) is 11.2 Å². The summed E-state index contributed by atoms with van der Waals surface area (Å²) in [6, 6.07) is 15.3. The van der Waals surface area contributed by atoms with Crippen molar-refractivity contribution in [1.29, 1.82) is 0 Å². The van der Waals surface area contributed by atoms with E-state index < -0.39 is 17.9 Å². The zero-order valence-corrected chi connectivity index (χ0v) is 15.6. The minimum absolute atomic E-state index is 0.291. The van der Waals surface area contributed by atoms with Gasteiger partial charge >= 0.3 is 0 Å². The van der Waals surface area contributed by atoms with Crippen molar-refractivity contribution >= 4 is 17.7 Å². The maximum absolute atomic E-state index is 12.9. The fraction of sp³-hybridized carbons (Fsp3) is 0.318. The number of nitrogens with one attached hydrogen (secondary N) is 1. The number of fused-ring (bicyclic) bond motifs is 1. The van der Waals surface area contributed by atoms with Crippen molar-refractivity contribution in [2.24, 2.45) is 5.92 Å². The third-order valence-electron chi connectivity index (χ3n) is 4.73. The molecule has 5 nitrogen and oxygen atoms in total. The molecule has 0 saturated carbocycles. The van der Waals surface area contributed by atoms with Gasteiger partial charge in [-0.25, -0.2) is 0 Å². The number of nitrogens with zero attached hydrogens (tertiary/aromatic N) is 1. The summed E-state index contributed by atoms with van der Waals surface area (Å²) in [5.74, 6) is -0.655. The maximum atomic E-state index is 12.9. The normalized spacial score (nSPS) is 14.4. The molecule has 0 radical (unpaired) electrons. The summed E-state index contributed by atoms with van der Waals surface area (Å²) in [4.78, 5) is 39.7. The van der Waals surface area contributed by atoms with Crippen molar-refractivity contribution in [2.75, 3.05) is 6.54 Å². The van der Waals surface area contributed by atoms with Crippen LogP contribution in [0, 0.1) is 5.92 Å². The monoisotopic (exact) mass is 364 g/mol. The summed E-state index contributed by atoms with van der Waals surface area (Å²) in [6.45, 7) is 4.68. The van der Waals surface area contributed by atoms with Gasteiger partial charge in [-0.05, 0) is 30.0 Å². The number of carbonyl (C=O) groups excluding carboxylic acids is 3. The van der Waals surface area contributed by atoms with E-state index in [9.17, 15) is 14.4 Å². The second kappa shape index (κ2) is 8.16. The first kappa shape index (κ1) is 18.8. The highest BCUT2D eigenvalue weighted by Gasteiger charge is 2.42. The first-order valence-electron chi connectivity index (χ1n) is 9.27. The molecule has 1 N–H and O–H groups in total. The van der Waals surface area contributed by atoms with Crippen molar-refractivity contribution < 1.29 is 14.4 Å². The van der Waals surface area contributed by atoms with Gasteiger partial charge in [0.15, 0.2) is 0 Å². The first-order valence-corrected chi connectivity index (χ1v) is 9.27. The van der Waals surface area contributed by atoms with E-state index in [2.05, 4.69) is 19.2 Å². The minimum Gasteiger partial charge on any atom is -0.354 e. The zero-order chi connectivity index (χ0) is 19.4. The Balaban J connectivity index is 1.87. The Morgan fingerprint density at radius 1 is 0.926 bits per heavy atom. The summed E-state index contributed by atoms with van der Waals surface area (Å²) < 4.78 is 0. The first-order chi connectivity index (χ1) is 13.0. The summed E-state index contributed by atoms with van der Waals surface area (Å²) >= 11 is 0. The Morgan fingerprint density at radius 3 is 2.04 bits per heavy atom. The van der Waals surface area contributed by atoms with Crippen LogP contribution in [-0.4, -0.2) is 35.2 Å². The summed E-state index contributed by atoms with van der Waals surface area (Å²) in [5.41, 5.74) is 1.61. The highest BCUT2D eigenvalue weighted by molar-refractivity contribution is 6.22. The molecule has 27 heavy (non-hydrogen) atoms. The molecule has 1 atom stereocenters. The quantitative estimate of drug-likeness (QED) is 0.768. The van der Waals surface area contributed by atoms with E-state index in [1.807, 2.05) is 30.3 Å². The van der Waals surface area contributed by atoms with Crippen molar-refractivity contribution in [3.05, 3.63) is 71.3 Å². The lowest BCUT2D eigenvalue weighted by Gasteiger charge is -2.25. The molecule has 1 aliphatic heterocycles. The van der Waals surface area contributed by atoms with E-state index in [1.54, 1.807) is 24.3 Å². The lowest BCUT2D eigenvalue weighted by atomic mass is 10.0. The molecule has 0 unspecified atom stereocenters. The molecule has 0 aromatic heterocycles. The number of rotatable bonds is 7. The van der Waals surface area contributed by atoms with Crippen molar-refractivity contribution in [3.8, 4) is 0 Å². The Bertz CT molecular complexity index is 811. The van der Waals surface area contributed by atoms with Crippen molar-refractivity contribution in [1.82, 2.24) is 10.2 Å². The van der Waals surface area contributed by atoms with Crippen LogP contribution in [0.15, 0.2) is 54.6 Å². The van der Waals surface area contributed by atoms with Gasteiger partial charge in [-0.3, -0.25) is 19.3 Å². The lowest BCUT2D eigenvalue weighted by molar-refractivity contribution is -0.125. The molecule has 1 aliphatic rings. The summed E-state index contributed by atoms with van der Waals surface area (Å²) in [7, 11) is 0. The number of imide groups is 1. The van der Waals surface area contributed by atoms with Gasteiger partial charge in [-0.15, -0.1) is 0 Å². The Labute approximate surface area is 159 Å². The minimum atomic E-state index is -0.869. The predicted octanol–water partition coefficient (Wildman–Crippen LogP) is 3.06. The van der Waals surface area contributed by atoms with E-state index in [4.69, 9.17) is 0 Å². The average Bonchev–Trinajstić information content (AvgIpc) is 2.91. The molecule has 3 rings (SSSR count). The molecule has 2 aromatic rings. The molecule has 0 spiro atoms. The number of hydrogen-bond donors (Lipinski definition) is 1. The molecule has 140 valence electrons. The topological polar surface area (TPSA) is 66.5 Å². The Hall–Kier alpha value is -2.95. The molecule has 0 bridgehead atoms. The maximum Gasteiger partial charge on any atom is 0.262 e. The standard InChI is InChI=1S/C22H24N2O3/c1-15(2)12-13-23-20(25)19(14-16-8-4-3-5-9-16)24-21(26)17-10-6-7-11-18(17)22(24)27/h3-11,15,19H,12-14H2,1-2H3,(H,23,25)/t19-/m0/s1. The number of carbonyl (C=O) groups is 3. The molecular weight excluding hydrogens is 340 g/mol. The van der Waals surface area contributed by atoms with E-state index in [1.165, 1.54) is 0 Å². The molecule has 2 aromatic carbocycles. The summed E-state index contributed by atoms with van der Waals surface area (Å²) in [5, 5.41) is 2.89. The van der Waals surface area contributed by atoms with Crippen molar-refractivity contribution in [2.45, 2.75) is 32.7 Å². The van der Waals surface area contributed by atoms with Gasteiger partial charge in [-0.2, -0.15) is 0 Å². The van der Waals surface area contributed by atoms with Gasteiger partial charge in [0.25, 0.3) is 11.8 Å². The van der Waals surface area contributed by atoms with Gasteiger partial charge in [-0.1, -0.05) is 56.3 Å². The van der Waals surface area contributed by atoms with E-state index in [0.717, 1.165) is 16.9 Å². The Morgan fingerprint density at radius 2 is 1.48 bits per heavy atom. The van der Waals surface area contributed by atoms with Crippen LogP contribution in [0.1, 0.15) is 46.5 Å². The van der Waals surface area contributed by atoms with Gasteiger partial charge in [0.05, 0.1) is 11.1 Å². The molecule has 0 saturated heterocycles. The van der Waals surface area contributed by atoms with E-state index in [-0.39, 0.29) is 5.91 Å². The largest absolute Gasteiger partial charge is 0.354 e. The van der Waals surface area contributed by atoms with Crippen LogP contribution < -0.4 is 5.32 Å². The van der Waals surface area contributed by atoms with Crippen LogP contribution in [0.5, 0.6) is 0 Å². The number of hydrogen-bond acceptors (Lipinski definition) is 3. The summed E-state index contributed by atoms with van der Waals surface area (Å²) in [6.07, 6.45) is 1.13. The van der Waals surface area contributed by atoms with E-state index >= 15 is 0 Å². The van der Waals surface area contributed by atoms with Crippen molar-refractivity contribution in [3.63, 3.8) is 0 Å². The predicted molar refractivity (Wildman–Crippen MR) is 103 cm³/mol. The van der Waals surface area contributed by atoms with Crippen LogP contribution in [0.25, 0.3) is 0 Å². The average molecular weight is 364 g/mol. The van der Waals surface area contributed by atoms with E-state index in [0.29, 0.717) is 30.0 Å². The smallest absolute Gasteiger partial charge is 0.262 e. The molecule has 1 heterocycles. The zero-order valence-electron chi connectivity index (χ0n) is 15.6. The second-order valence-corrected chi connectivity index (χ2v) is 7.20. The molecule has 0 aliphatic carbocycles. The molecular formula is C22H24N2O3. The highest BCUT2D eigenvalue weighted by atomic mass is 16.2. The lowest BCUT2D eigenvalue weighted by Crippen LogP contribution is -2.51. The fourth-order valence-corrected chi connectivity index (χ4v) is 3.23. The van der Waals surface area contributed by atoms with Crippen LogP contribution >= 0.6 is 0 Å². The van der Waals surface area contributed by atoms with Crippen LogP contribution in [0.4, 0.5) is 0 Å². The number of benzene rings is 2. The second-order valence-electron chi connectivity index (χ2n) is 7.20. The number of amides is 3. The highest BCUT2D eigenvalue weighted by Crippen LogP contribution is 2.26. The third-order valence-corrected chi connectivity index (χ3v) is 4.73. The fourth-order valence-electron chi connectivity index (χ4n) is 3.23. The van der Waals surface area contributed by atoms with Crippen LogP contribution in [0.2, 0.25) is 0 Å². The Kier molecular flexibility index (Phi) is 5.69. The molecule has 3 amide bonds. The van der Waals surface area contributed by atoms with Gasteiger partial charge < -0.3 is 5.32 Å². The SMILES string of the molecule is CC(C)CCNC(=O)[C@H](Cc1ccccc1)N1C(=O)c2ccccc2C1=O. The third kappa shape index (κ3) is 4.08. The van der Waals surface area contributed by atoms with Gasteiger partial charge in [0.2, 0.25) is 5.91 Å². The van der Waals surface area contributed by atoms with Gasteiger partial charge in [0.1, 0.15) is 6.04 Å². The van der Waals surface area contributed by atoms with Crippen LogP contribution in [0.3, 0.4) is 0 Å².